The van der Waals surface area contributed by atoms with Crippen LogP contribution in [0.2, 0.25) is 0 Å². The van der Waals surface area contributed by atoms with Crippen LogP contribution < -0.4 is 0 Å². The van der Waals surface area contributed by atoms with E-state index in [-0.39, 0.29) is 17.4 Å². The Morgan fingerprint density at radius 1 is 1.08 bits per heavy atom. The van der Waals surface area contributed by atoms with E-state index in [1.807, 2.05) is 27.7 Å². The van der Waals surface area contributed by atoms with Gasteiger partial charge in [0.05, 0.1) is 0 Å². The highest BCUT2D eigenvalue weighted by Crippen LogP contribution is 2.28. The number of benzene rings is 1. The van der Waals surface area contributed by atoms with Crippen LogP contribution >= 0.6 is 0 Å². The summed E-state index contributed by atoms with van der Waals surface area (Å²) < 4.78 is 0. The Labute approximate surface area is 79.9 Å². The minimum atomic E-state index is 0.200. The molecule has 2 nitrogen and oxygen atoms in total. The summed E-state index contributed by atoms with van der Waals surface area (Å²) >= 11 is 0. The van der Waals surface area contributed by atoms with E-state index in [9.17, 15) is 5.11 Å². The van der Waals surface area contributed by atoms with Gasteiger partial charge in [-0.1, -0.05) is 27.7 Å². The Hall–Kier alpha value is -1.18. The maximum atomic E-state index is 9.29. The normalized spacial score (nSPS) is 9.31. The average molecular weight is 182 g/mol. The second-order valence-electron chi connectivity index (χ2n) is 2.90. The van der Waals surface area contributed by atoms with E-state index in [4.69, 9.17) is 5.11 Å². The topological polar surface area (TPSA) is 40.5 Å². The molecule has 0 atom stereocenters. The van der Waals surface area contributed by atoms with Crippen LogP contribution in [0, 0.1) is 0 Å². The molecule has 1 aromatic rings. The lowest BCUT2D eigenvalue weighted by atomic mass is 10.0. The third-order valence-corrected chi connectivity index (χ3v) is 1.63. The van der Waals surface area contributed by atoms with E-state index >= 15 is 0 Å². The molecule has 0 heterocycles. The summed E-state index contributed by atoms with van der Waals surface area (Å²) in [6.07, 6.45) is 0. The Bertz CT molecular complexity index is 254. The third kappa shape index (κ3) is 3.36. The van der Waals surface area contributed by atoms with Gasteiger partial charge < -0.3 is 10.2 Å². The largest absolute Gasteiger partial charge is 0.508 e. The van der Waals surface area contributed by atoms with Crippen molar-refractivity contribution in [1.29, 1.82) is 0 Å². The van der Waals surface area contributed by atoms with Crippen LogP contribution in [-0.2, 0) is 0 Å². The fourth-order valence-electron chi connectivity index (χ4n) is 1.00. The summed E-state index contributed by atoms with van der Waals surface area (Å²) in [6, 6.07) is 4.56. The van der Waals surface area contributed by atoms with Gasteiger partial charge in [-0.05, 0) is 24.1 Å². The molecule has 2 N–H and O–H groups in total. The highest BCUT2D eigenvalue weighted by molar-refractivity contribution is 5.40. The maximum Gasteiger partial charge on any atom is 0.119 e. The van der Waals surface area contributed by atoms with Gasteiger partial charge in [-0.25, -0.2) is 0 Å². The Kier molecular flexibility index (Phi) is 4.97. The van der Waals surface area contributed by atoms with E-state index in [0.29, 0.717) is 0 Å². The SMILES string of the molecule is CC.CC(C)c1cc(O)ccc1O. The molecule has 0 unspecified atom stereocenters. The lowest BCUT2D eigenvalue weighted by Gasteiger charge is -2.07. The first-order valence-corrected chi connectivity index (χ1v) is 4.63. The van der Waals surface area contributed by atoms with Gasteiger partial charge in [0, 0.05) is 5.56 Å². The second-order valence-corrected chi connectivity index (χ2v) is 2.90. The Balaban J connectivity index is 0.000000671. The molecule has 74 valence electrons. The molecule has 1 aromatic carbocycles. The fraction of sp³-hybridized carbons (Fsp3) is 0.455. The van der Waals surface area contributed by atoms with Crippen molar-refractivity contribution in [2.24, 2.45) is 0 Å². The predicted octanol–water partition coefficient (Wildman–Crippen LogP) is 3.25. The molecule has 1 rings (SSSR count). The van der Waals surface area contributed by atoms with Gasteiger partial charge in [-0.3, -0.25) is 0 Å². The molecule has 2 heteroatoms. The highest BCUT2D eigenvalue weighted by Gasteiger charge is 2.05. The lowest BCUT2D eigenvalue weighted by molar-refractivity contribution is 0.451. The molecule has 13 heavy (non-hydrogen) atoms. The quantitative estimate of drug-likeness (QED) is 0.654. The van der Waals surface area contributed by atoms with Gasteiger partial charge in [-0.15, -0.1) is 0 Å². The van der Waals surface area contributed by atoms with Gasteiger partial charge in [0.25, 0.3) is 0 Å². The van der Waals surface area contributed by atoms with Crippen molar-refractivity contribution >= 4 is 0 Å². The molecule has 0 amide bonds. The van der Waals surface area contributed by atoms with E-state index in [0.717, 1.165) is 5.56 Å². The van der Waals surface area contributed by atoms with E-state index in [2.05, 4.69) is 0 Å². The van der Waals surface area contributed by atoms with Crippen LogP contribution in [0.25, 0.3) is 0 Å². The molecule has 0 radical (unpaired) electrons. The molecule has 0 saturated carbocycles. The van der Waals surface area contributed by atoms with E-state index in [1.165, 1.54) is 12.1 Å². The zero-order valence-electron chi connectivity index (χ0n) is 8.70. The van der Waals surface area contributed by atoms with Gasteiger partial charge in [0.1, 0.15) is 11.5 Å². The van der Waals surface area contributed by atoms with Crippen molar-refractivity contribution in [3.05, 3.63) is 23.8 Å². The second kappa shape index (κ2) is 5.46. The van der Waals surface area contributed by atoms with Gasteiger partial charge in [0.2, 0.25) is 0 Å². The van der Waals surface area contributed by atoms with Crippen molar-refractivity contribution in [3.8, 4) is 11.5 Å². The summed E-state index contributed by atoms with van der Waals surface area (Å²) in [5, 5.41) is 18.4. The number of rotatable bonds is 1. The molecular weight excluding hydrogens is 164 g/mol. The summed E-state index contributed by atoms with van der Waals surface area (Å²) in [5.41, 5.74) is 0.782. The first kappa shape index (κ1) is 11.8. The van der Waals surface area contributed by atoms with E-state index in [1.54, 1.807) is 6.07 Å². The molecular formula is C11H18O2. The van der Waals surface area contributed by atoms with Crippen LogP contribution in [0.4, 0.5) is 0 Å². The first-order valence-electron chi connectivity index (χ1n) is 4.63. The molecule has 0 bridgehead atoms. The van der Waals surface area contributed by atoms with Crippen LogP contribution in [-0.4, -0.2) is 10.2 Å². The van der Waals surface area contributed by atoms with Crippen molar-refractivity contribution < 1.29 is 10.2 Å². The Morgan fingerprint density at radius 2 is 1.62 bits per heavy atom. The first-order chi connectivity index (χ1) is 6.11. The maximum absolute atomic E-state index is 9.29. The van der Waals surface area contributed by atoms with Gasteiger partial charge in [0.15, 0.2) is 0 Å². The predicted molar refractivity (Wildman–Crippen MR) is 55.2 cm³/mol. The molecule has 0 aromatic heterocycles. The molecule has 0 aliphatic carbocycles. The highest BCUT2D eigenvalue weighted by atomic mass is 16.3. The van der Waals surface area contributed by atoms with Crippen LogP contribution in [0.5, 0.6) is 11.5 Å². The van der Waals surface area contributed by atoms with Crippen molar-refractivity contribution in [1.82, 2.24) is 0 Å². The summed E-state index contributed by atoms with van der Waals surface area (Å²) in [4.78, 5) is 0. The van der Waals surface area contributed by atoms with Gasteiger partial charge >= 0.3 is 0 Å². The summed E-state index contributed by atoms with van der Waals surface area (Å²) in [5.74, 6) is 0.686. The van der Waals surface area contributed by atoms with Crippen LogP contribution in [0.1, 0.15) is 39.2 Å². The summed E-state index contributed by atoms with van der Waals surface area (Å²) in [6.45, 7) is 7.93. The van der Waals surface area contributed by atoms with Gasteiger partial charge in [-0.2, -0.15) is 0 Å². The minimum Gasteiger partial charge on any atom is -0.508 e. The van der Waals surface area contributed by atoms with Crippen LogP contribution in [0.15, 0.2) is 18.2 Å². The number of hydrogen-bond donors (Lipinski definition) is 2. The van der Waals surface area contributed by atoms with Crippen LogP contribution in [0.3, 0.4) is 0 Å². The smallest absolute Gasteiger partial charge is 0.119 e. The van der Waals surface area contributed by atoms with Crippen molar-refractivity contribution in [3.63, 3.8) is 0 Å². The molecule has 0 aliphatic rings. The minimum absolute atomic E-state index is 0.200. The number of phenolic OH excluding ortho intramolecular Hbond substituents is 2. The number of aromatic hydroxyl groups is 2. The lowest BCUT2D eigenvalue weighted by Crippen LogP contribution is -1.86. The molecule has 0 saturated heterocycles. The zero-order chi connectivity index (χ0) is 10.4. The molecule has 0 aliphatic heterocycles. The van der Waals surface area contributed by atoms with Crippen molar-refractivity contribution in [2.75, 3.05) is 0 Å². The van der Waals surface area contributed by atoms with Crippen molar-refractivity contribution in [2.45, 2.75) is 33.6 Å². The average Bonchev–Trinajstić information content (AvgIpc) is 2.12. The standard InChI is InChI=1S/C9H12O2.C2H6/c1-6(2)8-5-7(10)3-4-9(8)11;1-2/h3-6,10-11H,1-2H3;1-2H3. The molecule has 0 fully saturated rings. The fourth-order valence-corrected chi connectivity index (χ4v) is 1.00. The zero-order valence-corrected chi connectivity index (χ0v) is 8.70. The monoisotopic (exact) mass is 182 g/mol. The Morgan fingerprint density at radius 3 is 2.00 bits per heavy atom. The third-order valence-electron chi connectivity index (χ3n) is 1.63. The molecule has 0 spiro atoms. The summed E-state index contributed by atoms with van der Waals surface area (Å²) in [7, 11) is 0. The number of phenols is 2. The van der Waals surface area contributed by atoms with E-state index < -0.39 is 0 Å². The number of hydrogen-bond acceptors (Lipinski definition) is 2.